The van der Waals surface area contributed by atoms with Crippen LogP contribution in [0.5, 0.6) is 0 Å². The van der Waals surface area contributed by atoms with Gasteiger partial charge in [-0.2, -0.15) is 0 Å². The maximum atomic E-state index is 12.2. The molecule has 1 aliphatic heterocycles. The fraction of sp³-hybridized carbons (Fsp3) is 0.882. The quantitative estimate of drug-likeness (QED) is 0.819. The van der Waals surface area contributed by atoms with Crippen molar-refractivity contribution in [3.63, 3.8) is 0 Å². The molecule has 0 bridgehead atoms. The number of likely N-dealkylation sites (tertiary alicyclic amines) is 1. The van der Waals surface area contributed by atoms with Crippen LogP contribution in [0.4, 0.5) is 0 Å². The van der Waals surface area contributed by atoms with Gasteiger partial charge in [-0.05, 0) is 44.4 Å². The molecular weight excluding hydrogens is 264 g/mol. The van der Waals surface area contributed by atoms with Crippen molar-refractivity contribution in [3.8, 4) is 0 Å². The molecule has 1 heterocycles. The van der Waals surface area contributed by atoms with Crippen molar-refractivity contribution in [2.75, 3.05) is 19.6 Å². The van der Waals surface area contributed by atoms with Crippen molar-refractivity contribution >= 4 is 11.8 Å². The molecule has 120 valence electrons. The number of hydrogen-bond acceptors (Lipinski definition) is 2. The number of rotatable bonds is 6. The molecule has 0 aromatic carbocycles. The molecule has 4 nitrogen and oxygen atoms in total. The van der Waals surface area contributed by atoms with Gasteiger partial charge in [0.1, 0.15) is 0 Å². The Morgan fingerprint density at radius 1 is 1.10 bits per heavy atom. The van der Waals surface area contributed by atoms with Crippen LogP contribution in [0, 0.1) is 11.8 Å². The third-order valence-corrected chi connectivity index (χ3v) is 5.06. The van der Waals surface area contributed by atoms with Gasteiger partial charge in [0, 0.05) is 19.0 Å². The lowest BCUT2D eigenvalue weighted by Gasteiger charge is -2.27. The summed E-state index contributed by atoms with van der Waals surface area (Å²) in [6.45, 7) is 4.14. The molecule has 0 atom stereocenters. The number of nitrogens with zero attached hydrogens (tertiary/aromatic N) is 1. The summed E-state index contributed by atoms with van der Waals surface area (Å²) in [6.07, 6.45) is 10.4. The third kappa shape index (κ3) is 5.01. The van der Waals surface area contributed by atoms with E-state index in [9.17, 15) is 9.59 Å². The van der Waals surface area contributed by atoms with E-state index in [0.29, 0.717) is 0 Å². The van der Waals surface area contributed by atoms with Gasteiger partial charge in [-0.3, -0.25) is 9.59 Å². The fourth-order valence-electron chi connectivity index (χ4n) is 3.59. The summed E-state index contributed by atoms with van der Waals surface area (Å²) in [6, 6.07) is 0. The summed E-state index contributed by atoms with van der Waals surface area (Å²) in [5.41, 5.74) is 0. The van der Waals surface area contributed by atoms with Gasteiger partial charge in [-0.15, -0.1) is 0 Å². The molecule has 2 rings (SSSR count). The smallest absolute Gasteiger partial charge is 0.241 e. The SMILES string of the molecule is CCCCC1CCC(C(=O)NCC(=O)N2CCCC2)CC1. The Labute approximate surface area is 128 Å². The lowest BCUT2D eigenvalue weighted by Crippen LogP contribution is -2.41. The van der Waals surface area contributed by atoms with E-state index in [1.54, 1.807) is 0 Å². The predicted molar refractivity (Wildman–Crippen MR) is 83.8 cm³/mol. The summed E-state index contributed by atoms with van der Waals surface area (Å²) < 4.78 is 0. The minimum absolute atomic E-state index is 0.0810. The number of nitrogens with one attached hydrogen (secondary N) is 1. The van der Waals surface area contributed by atoms with Crippen LogP contribution >= 0.6 is 0 Å². The summed E-state index contributed by atoms with van der Waals surface area (Å²) >= 11 is 0. The third-order valence-electron chi connectivity index (χ3n) is 5.06. The van der Waals surface area contributed by atoms with Gasteiger partial charge in [-0.25, -0.2) is 0 Å². The Morgan fingerprint density at radius 2 is 1.76 bits per heavy atom. The highest BCUT2D eigenvalue weighted by molar-refractivity contribution is 5.86. The summed E-state index contributed by atoms with van der Waals surface area (Å²) in [5, 5.41) is 2.86. The van der Waals surface area contributed by atoms with Gasteiger partial charge in [0.25, 0.3) is 0 Å². The molecule has 2 fully saturated rings. The molecule has 1 saturated carbocycles. The zero-order valence-corrected chi connectivity index (χ0v) is 13.4. The minimum Gasteiger partial charge on any atom is -0.347 e. The maximum Gasteiger partial charge on any atom is 0.241 e. The van der Waals surface area contributed by atoms with Crippen molar-refractivity contribution in [2.24, 2.45) is 11.8 Å². The molecule has 1 saturated heterocycles. The minimum atomic E-state index is 0.0810. The van der Waals surface area contributed by atoms with Crippen molar-refractivity contribution in [1.29, 1.82) is 0 Å². The first-order valence-electron chi connectivity index (χ1n) is 8.76. The lowest BCUT2D eigenvalue weighted by atomic mass is 9.79. The predicted octanol–water partition coefficient (Wildman–Crippen LogP) is 2.72. The van der Waals surface area contributed by atoms with Crippen LogP contribution in [0.1, 0.15) is 64.7 Å². The van der Waals surface area contributed by atoms with Gasteiger partial charge in [-0.1, -0.05) is 26.2 Å². The Kier molecular flexibility index (Phi) is 6.52. The molecular formula is C17H30N2O2. The standard InChI is InChI=1S/C17H30N2O2/c1-2-3-6-14-7-9-15(10-8-14)17(21)18-13-16(20)19-11-4-5-12-19/h14-15H,2-13H2,1H3,(H,18,21). The number of unbranched alkanes of at least 4 members (excludes halogenated alkanes) is 1. The highest BCUT2D eigenvalue weighted by Crippen LogP contribution is 2.31. The second-order valence-electron chi connectivity index (χ2n) is 6.67. The van der Waals surface area contributed by atoms with Crippen LogP contribution in [-0.4, -0.2) is 36.3 Å². The second kappa shape index (κ2) is 8.40. The number of carbonyl (C=O) groups is 2. The molecule has 0 unspecified atom stereocenters. The average molecular weight is 294 g/mol. The molecule has 0 spiro atoms. The zero-order valence-electron chi connectivity index (χ0n) is 13.4. The van der Waals surface area contributed by atoms with Gasteiger partial charge in [0.05, 0.1) is 6.54 Å². The first-order chi connectivity index (χ1) is 10.2. The van der Waals surface area contributed by atoms with E-state index < -0.39 is 0 Å². The van der Waals surface area contributed by atoms with E-state index in [-0.39, 0.29) is 24.3 Å². The van der Waals surface area contributed by atoms with E-state index in [2.05, 4.69) is 12.2 Å². The fourth-order valence-corrected chi connectivity index (χ4v) is 3.59. The van der Waals surface area contributed by atoms with Crippen molar-refractivity contribution in [3.05, 3.63) is 0 Å². The normalized spacial score (nSPS) is 25.9. The van der Waals surface area contributed by atoms with Crippen LogP contribution in [0.2, 0.25) is 0 Å². The van der Waals surface area contributed by atoms with E-state index >= 15 is 0 Å². The zero-order chi connectivity index (χ0) is 15.1. The summed E-state index contributed by atoms with van der Waals surface area (Å²) in [4.78, 5) is 25.9. The van der Waals surface area contributed by atoms with E-state index in [1.165, 1.54) is 32.1 Å². The first-order valence-corrected chi connectivity index (χ1v) is 8.76. The van der Waals surface area contributed by atoms with Crippen LogP contribution in [0.25, 0.3) is 0 Å². The Morgan fingerprint density at radius 3 is 2.38 bits per heavy atom. The maximum absolute atomic E-state index is 12.2. The van der Waals surface area contributed by atoms with E-state index in [4.69, 9.17) is 0 Å². The topological polar surface area (TPSA) is 49.4 Å². The Balaban J connectivity index is 1.64. The number of amides is 2. The van der Waals surface area contributed by atoms with Crippen LogP contribution < -0.4 is 5.32 Å². The van der Waals surface area contributed by atoms with Gasteiger partial charge in [0.2, 0.25) is 11.8 Å². The van der Waals surface area contributed by atoms with Crippen molar-refractivity contribution in [2.45, 2.75) is 64.7 Å². The van der Waals surface area contributed by atoms with Crippen LogP contribution in [-0.2, 0) is 9.59 Å². The van der Waals surface area contributed by atoms with Crippen LogP contribution in [0.3, 0.4) is 0 Å². The molecule has 1 N–H and O–H groups in total. The number of carbonyl (C=O) groups excluding carboxylic acids is 2. The van der Waals surface area contributed by atoms with Gasteiger partial charge in [0.15, 0.2) is 0 Å². The van der Waals surface area contributed by atoms with Crippen molar-refractivity contribution in [1.82, 2.24) is 10.2 Å². The van der Waals surface area contributed by atoms with Crippen molar-refractivity contribution < 1.29 is 9.59 Å². The molecule has 4 heteroatoms. The molecule has 0 aromatic heterocycles. The largest absolute Gasteiger partial charge is 0.347 e. The monoisotopic (exact) mass is 294 g/mol. The second-order valence-corrected chi connectivity index (χ2v) is 6.67. The highest BCUT2D eigenvalue weighted by atomic mass is 16.2. The Hall–Kier alpha value is -1.06. The van der Waals surface area contributed by atoms with E-state index in [0.717, 1.165) is 44.7 Å². The van der Waals surface area contributed by atoms with Gasteiger partial charge < -0.3 is 10.2 Å². The lowest BCUT2D eigenvalue weighted by molar-refractivity contribution is -0.133. The van der Waals surface area contributed by atoms with Crippen LogP contribution in [0.15, 0.2) is 0 Å². The molecule has 2 amide bonds. The molecule has 0 radical (unpaired) electrons. The first kappa shape index (κ1) is 16.3. The molecule has 1 aliphatic carbocycles. The summed E-state index contributed by atoms with van der Waals surface area (Å²) in [5.74, 6) is 1.13. The van der Waals surface area contributed by atoms with Gasteiger partial charge >= 0.3 is 0 Å². The van der Waals surface area contributed by atoms with E-state index in [1.807, 2.05) is 4.90 Å². The molecule has 21 heavy (non-hydrogen) atoms. The highest BCUT2D eigenvalue weighted by Gasteiger charge is 2.26. The Bertz CT molecular complexity index is 343. The number of hydrogen-bond donors (Lipinski definition) is 1. The summed E-state index contributed by atoms with van der Waals surface area (Å²) in [7, 11) is 0. The average Bonchev–Trinajstić information content (AvgIpc) is 3.05. The molecule has 0 aromatic rings. The molecule has 2 aliphatic rings.